The number of aromatic amines is 1. The Balaban J connectivity index is 2.20. The van der Waals surface area contributed by atoms with Crippen LogP contribution < -0.4 is 4.90 Å². The number of nitrogens with one attached hydrogen (secondary N) is 1. The van der Waals surface area contributed by atoms with Gasteiger partial charge in [-0.05, 0) is 6.07 Å². The van der Waals surface area contributed by atoms with E-state index in [1.54, 1.807) is 0 Å². The highest BCUT2D eigenvalue weighted by atomic mass is 32.1. The Kier molecular flexibility index (Phi) is 5.30. The number of thiazole rings is 1. The normalized spacial score (nSPS) is 12.8. The molecule has 0 radical (unpaired) electrons. The van der Waals surface area contributed by atoms with E-state index in [0.717, 1.165) is 34.4 Å². The van der Waals surface area contributed by atoms with Gasteiger partial charge in [0, 0.05) is 16.5 Å². The van der Waals surface area contributed by atoms with Crippen molar-refractivity contribution < 1.29 is 39.9 Å². The molecule has 0 atom stereocenters. The molecule has 0 fully saturated rings. The Hall–Kier alpha value is -3.03. The van der Waals surface area contributed by atoms with Gasteiger partial charge in [0.1, 0.15) is 11.4 Å². The minimum atomic E-state index is -6.04. The quantitative estimate of drug-likeness (QED) is 0.526. The largest absolute Gasteiger partial charge is 0.458 e. The maximum atomic E-state index is 14.0. The van der Waals surface area contributed by atoms with E-state index in [0.29, 0.717) is 18.3 Å². The number of carbonyl (C=O) groups is 1. The Bertz CT molecular complexity index is 1040. The van der Waals surface area contributed by atoms with E-state index in [1.807, 2.05) is 5.10 Å². The van der Waals surface area contributed by atoms with Crippen molar-refractivity contribution in [3.05, 3.63) is 58.0 Å². The first kappa shape index (κ1) is 21.7. The molecule has 0 aliphatic carbocycles. The van der Waals surface area contributed by atoms with Gasteiger partial charge in [-0.25, -0.2) is 9.88 Å². The van der Waals surface area contributed by atoms with E-state index >= 15 is 0 Å². The van der Waals surface area contributed by atoms with Gasteiger partial charge in [-0.15, -0.1) is 11.3 Å². The van der Waals surface area contributed by atoms with Crippen LogP contribution in [0.25, 0.3) is 0 Å². The van der Waals surface area contributed by atoms with Crippen LogP contribution in [0.5, 0.6) is 0 Å². The van der Waals surface area contributed by atoms with Gasteiger partial charge in [0.2, 0.25) is 0 Å². The fraction of sp³-hybridized carbons (Fsp3) is 0.188. The van der Waals surface area contributed by atoms with Gasteiger partial charge in [0.15, 0.2) is 5.82 Å². The predicted molar refractivity (Wildman–Crippen MR) is 88.6 cm³/mol. The maximum absolute atomic E-state index is 14.0. The van der Waals surface area contributed by atoms with E-state index < -0.39 is 52.5 Å². The molecule has 0 aliphatic heterocycles. The molecule has 3 aromatic rings. The topological polar surface area (TPSA) is 61.9 Å². The van der Waals surface area contributed by atoms with Crippen molar-refractivity contribution in [1.82, 2.24) is 15.2 Å². The summed E-state index contributed by atoms with van der Waals surface area (Å²) in [5, 5.41) is 6.26. The average Bonchev–Trinajstić information content (AvgIpc) is 3.33. The molecule has 2 heterocycles. The number of nitrogens with zero attached hydrogens (tertiary/aromatic N) is 3. The number of amides is 1. The Morgan fingerprint density at radius 2 is 1.67 bits per heavy atom. The molecule has 30 heavy (non-hydrogen) atoms. The van der Waals surface area contributed by atoms with Gasteiger partial charge in [0.05, 0.1) is 11.7 Å². The zero-order chi connectivity index (χ0) is 22.3. The van der Waals surface area contributed by atoms with E-state index in [9.17, 15) is 39.9 Å². The number of H-pyrrole nitrogens is 1. The van der Waals surface area contributed by atoms with Gasteiger partial charge in [-0.1, -0.05) is 18.2 Å². The summed E-state index contributed by atoms with van der Waals surface area (Å²) in [5.74, 6) is -8.43. The number of anilines is 2. The van der Waals surface area contributed by atoms with Crippen molar-refractivity contribution in [3.63, 3.8) is 0 Å². The summed E-state index contributed by atoms with van der Waals surface area (Å²) in [6.07, 6.45) is -10.7. The number of benzene rings is 1. The molecule has 3 rings (SSSR count). The van der Waals surface area contributed by atoms with Crippen LogP contribution in [0.2, 0.25) is 0 Å². The van der Waals surface area contributed by atoms with Crippen LogP contribution in [0.3, 0.4) is 0 Å². The first-order valence-electron chi connectivity index (χ1n) is 7.73. The lowest BCUT2D eigenvalue weighted by Crippen LogP contribution is -2.37. The number of alkyl halides is 8. The average molecular weight is 456 g/mol. The van der Waals surface area contributed by atoms with Crippen LogP contribution in [0.1, 0.15) is 21.5 Å². The van der Waals surface area contributed by atoms with Crippen LogP contribution in [0.4, 0.5) is 46.8 Å². The highest BCUT2D eigenvalue weighted by molar-refractivity contribution is 7.08. The van der Waals surface area contributed by atoms with Crippen molar-refractivity contribution in [2.75, 3.05) is 4.90 Å². The first-order valence-corrected chi connectivity index (χ1v) is 8.67. The molecule has 14 heteroatoms. The van der Waals surface area contributed by atoms with Gasteiger partial charge in [0.25, 0.3) is 5.91 Å². The zero-order valence-electron chi connectivity index (χ0n) is 14.2. The first-order chi connectivity index (χ1) is 13.9. The Morgan fingerprint density at radius 1 is 1.00 bits per heavy atom. The summed E-state index contributed by atoms with van der Waals surface area (Å²) in [5.41, 5.74) is -3.18. The smallest absolute Gasteiger partial charge is 0.268 e. The van der Waals surface area contributed by atoms with Gasteiger partial charge in [-0.3, -0.25) is 9.89 Å². The molecule has 1 aromatic carbocycles. The van der Waals surface area contributed by atoms with E-state index in [4.69, 9.17) is 0 Å². The van der Waals surface area contributed by atoms with Crippen LogP contribution in [0, 0.1) is 0 Å². The number of rotatable bonds is 4. The molecule has 1 amide bonds. The molecule has 0 unspecified atom stereocenters. The molecular formula is C16H8F8N4OS. The Labute approximate surface area is 166 Å². The molecule has 0 bridgehead atoms. The summed E-state index contributed by atoms with van der Waals surface area (Å²) in [7, 11) is 0. The van der Waals surface area contributed by atoms with Crippen molar-refractivity contribution in [3.8, 4) is 0 Å². The molecule has 2 aromatic heterocycles. The molecule has 0 spiro atoms. The lowest BCUT2D eigenvalue weighted by Gasteiger charge is -2.25. The molecular weight excluding hydrogens is 448 g/mol. The highest BCUT2D eigenvalue weighted by Gasteiger charge is 2.60. The van der Waals surface area contributed by atoms with Crippen molar-refractivity contribution >= 4 is 28.9 Å². The third-order valence-corrected chi connectivity index (χ3v) is 4.43. The fourth-order valence-corrected chi connectivity index (χ4v) is 3.03. The van der Waals surface area contributed by atoms with Crippen molar-refractivity contribution in [2.45, 2.75) is 18.3 Å². The standard InChI is InChI=1S/C16H8F8N4OS/c17-14(18,16(22,23)24)9-4-2-1-3-8(9)13(29)28(11-6-30-7-25-11)12-10(5-26-27-12)15(19,20)21/h1-7H,(H,26,27). The fourth-order valence-electron chi connectivity index (χ4n) is 2.51. The number of aromatic nitrogens is 3. The molecule has 5 nitrogen and oxygen atoms in total. The van der Waals surface area contributed by atoms with E-state index in [1.165, 1.54) is 0 Å². The number of hydrogen-bond acceptors (Lipinski definition) is 4. The lowest BCUT2D eigenvalue weighted by molar-refractivity contribution is -0.289. The van der Waals surface area contributed by atoms with Crippen LogP contribution in [-0.2, 0) is 12.1 Å². The predicted octanol–water partition coefficient (Wildman–Crippen LogP) is 5.52. The lowest BCUT2D eigenvalue weighted by atomic mass is 9.99. The summed E-state index contributed by atoms with van der Waals surface area (Å²) < 4.78 is 106. The third kappa shape index (κ3) is 3.74. The van der Waals surface area contributed by atoms with E-state index in [-0.39, 0.29) is 4.90 Å². The van der Waals surface area contributed by atoms with Crippen LogP contribution >= 0.6 is 11.3 Å². The second-order valence-electron chi connectivity index (χ2n) is 5.73. The SMILES string of the molecule is O=C(c1ccccc1C(F)(F)C(F)(F)F)N(c1cscn1)c1[nH]ncc1C(F)(F)F. The van der Waals surface area contributed by atoms with Gasteiger partial charge in [-0.2, -0.15) is 40.2 Å². The molecule has 0 saturated heterocycles. The molecule has 0 saturated carbocycles. The molecule has 0 aliphatic rings. The van der Waals surface area contributed by atoms with Gasteiger partial charge >= 0.3 is 18.3 Å². The number of halogens is 8. The van der Waals surface area contributed by atoms with Crippen LogP contribution in [0.15, 0.2) is 41.4 Å². The number of carbonyl (C=O) groups excluding carboxylic acids is 1. The Morgan fingerprint density at radius 3 is 2.23 bits per heavy atom. The highest BCUT2D eigenvalue weighted by Crippen LogP contribution is 2.46. The zero-order valence-corrected chi connectivity index (χ0v) is 15.0. The third-order valence-electron chi connectivity index (χ3n) is 3.85. The second-order valence-corrected chi connectivity index (χ2v) is 6.45. The van der Waals surface area contributed by atoms with Gasteiger partial charge < -0.3 is 0 Å². The molecule has 160 valence electrons. The minimum absolute atomic E-state index is 0.248. The molecule has 1 N–H and O–H groups in total. The summed E-state index contributed by atoms with van der Waals surface area (Å²) in [6.45, 7) is 0. The van der Waals surface area contributed by atoms with Crippen molar-refractivity contribution in [1.29, 1.82) is 0 Å². The van der Waals surface area contributed by atoms with E-state index in [2.05, 4.69) is 10.1 Å². The summed E-state index contributed by atoms with van der Waals surface area (Å²) >= 11 is 0.856. The number of hydrogen-bond donors (Lipinski definition) is 1. The van der Waals surface area contributed by atoms with Crippen LogP contribution in [-0.4, -0.2) is 27.3 Å². The maximum Gasteiger partial charge on any atom is 0.458 e. The van der Waals surface area contributed by atoms with Crippen molar-refractivity contribution in [2.24, 2.45) is 0 Å². The second kappa shape index (κ2) is 7.34. The summed E-state index contributed by atoms with van der Waals surface area (Å²) in [6, 6.07) is 2.87. The minimum Gasteiger partial charge on any atom is -0.268 e. The monoisotopic (exact) mass is 456 g/mol. The summed E-state index contributed by atoms with van der Waals surface area (Å²) in [4.78, 5) is 16.9.